The quantitative estimate of drug-likeness (QED) is 0.532. The number of aliphatic carboxylic acids is 1. The second-order valence-corrected chi connectivity index (χ2v) is 7.91. The van der Waals surface area contributed by atoms with Crippen LogP contribution in [0.4, 0.5) is 11.6 Å². The zero-order chi connectivity index (χ0) is 20.8. The predicted octanol–water partition coefficient (Wildman–Crippen LogP) is 4.58. The molecule has 0 radical (unpaired) electrons. The molecule has 1 unspecified atom stereocenters. The van der Waals surface area contributed by atoms with Crippen molar-refractivity contribution in [2.45, 2.75) is 39.0 Å². The number of nitrogens with zero attached hydrogens (tertiary/aromatic N) is 3. The minimum absolute atomic E-state index is 0.0557. The van der Waals surface area contributed by atoms with E-state index in [0.29, 0.717) is 5.82 Å². The van der Waals surface area contributed by atoms with E-state index in [0.717, 1.165) is 27.0 Å². The number of carbonyl (C=O) groups excluding carboxylic acids is 1. The fraction of sp³-hybridized carbons (Fsp3) is 0.286. The number of pyridine rings is 2. The van der Waals surface area contributed by atoms with Crippen molar-refractivity contribution in [2.75, 3.05) is 5.32 Å². The number of carboxylic acid groups (broad SMARTS) is 1. The molecular formula is C21H22N4O3S. The van der Waals surface area contributed by atoms with E-state index in [2.05, 4.69) is 20.3 Å². The number of hydrogen-bond acceptors (Lipinski definition) is 7. The van der Waals surface area contributed by atoms with Crippen molar-refractivity contribution < 1.29 is 14.7 Å². The lowest BCUT2D eigenvalue weighted by Crippen LogP contribution is -2.06. The van der Waals surface area contributed by atoms with Gasteiger partial charge in [-0.3, -0.25) is 9.59 Å². The van der Waals surface area contributed by atoms with Gasteiger partial charge in [0.25, 0.3) is 0 Å². The molecule has 8 heteroatoms. The first-order valence-electron chi connectivity index (χ1n) is 9.27. The highest BCUT2D eigenvalue weighted by Crippen LogP contribution is 2.31. The van der Waals surface area contributed by atoms with Gasteiger partial charge in [-0.05, 0) is 36.8 Å². The third kappa shape index (κ3) is 5.92. The molecule has 1 atom stereocenters. The summed E-state index contributed by atoms with van der Waals surface area (Å²) >= 11 is 1.49. The van der Waals surface area contributed by atoms with Crippen molar-refractivity contribution in [2.24, 2.45) is 0 Å². The van der Waals surface area contributed by atoms with Gasteiger partial charge in [-0.25, -0.2) is 15.0 Å². The molecule has 0 bridgehead atoms. The Labute approximate surface area is 172 Å². The van der Waals surface area contributed by atoms with Crippen molar-refractivity contribution in [1.29, 1.82) is 0 Å². The maximum atomic E-state index is 11.9. The van der Waals surface area contributed by atoms with Crippen molar-refractivity contribution in [1.82, 2.24) is 15.0 Å². The Balaban J connectivity index is 1.68. The van der Waals surface area contributed by atoms with E-state index in [1.807, 2.05) is 44.2 Å². The minimum Gasteiger partial charge on any atom is -0.481 e. The number of aromatic nitrogens is 3. The fourth-order valence-corrected chi connectivity index (χ4v) is 3.73. The predicted molar refractivity (Wildman–Crippen MR) is 113 cm³/mol. The van der Waals surface area contributed by atoms with Crippen LogP contribution in [0.1, 0.15) is 42.7 Å². The van der Waals surface area contributed by atoms with Crippen LogP contribution in [-0.4, -0.2) is 31.8 Å². The normalized spacial score (nSPS) is 11.8. The van der Waals surface area contributed by atoms with Crippen molar-refractivity contribution >= 4 is 34.7 Å². The lowest BCUT2D eigenvalue weighted by molar-refractivity contribution is -0.138. The molecule has 7 nitrogen and oxygen atoms in total. The summed E-state index contributed by atoms with van der Waals surface area (Å²) in [6, 6.07) is 9.58. The number of hydrogen-bond donors (Lipinski definition) is 2. The Kier molecular flexibility index (Phi) is 6.66. The topological polar surface area (TPSA) is 105 Å². The average molecular weight is 410 g/mol. The van der Waals surface area contributed by atoms with E-state index < -0.39 is 5.97 Å². The van der Waals surface area contributed by atoms with E-state index in [1.54, 1.807) is 12.4 Å². The van der Waals surface area contributed by atoms with Crippen LogP contribution < -0.4 is 5.32 Å². The number of ketones is 1. The Morgan fingerprint density at radius 1 is 1.17 bits per heavy atom. The van der Waals surface area contributed by atoms with Crippen molar-refractivity contribution in [3.8, 4) is 10.6 Å². The Bertz CT molecular complexity index is 1020. The van der Waals surface area contributed by atoms with Crippen LogP contribution in [0.3, 0.4) is 0 Å². The van der Waals surface area contributed by atoms with Crippen LogP contribution in [0, 0.1) is 6.92 Å². The van der Waals surface area contributed by atoms with Gasteiger partial charge in [0.1, 0.15) is 17.4 Å². The summed E-state index contributed by atoms with van der Waals surface area (Å²) in [5.74, 6) is 0.336. The van der Waals surface area contributed by atoms with E-state index >= 15 is 0 Å². The molecule has 3 aromatic heterocycles. The van der Waals surface area contributed by atoms with Crippen molar-refractivity contribution in [3.05, 3.63) is 53.3 Å². The maximum Gasteiger partial charge on any atom is 0.303 e. The maximum absolute atomic E-state index is 11.9. The molecule has 0 saturated carbocycles. The highest BCUT2D eigenvalue weighted by atomic mass is 32.1. The first-order chi connectivity index (χ1) is 13.9. The number of rotatable bonds is 9. The van der Waals surface area contributed by atoms with Crippen LogP contribution in [0.2, 0.25) is 0 Å². The van der Waals surface area contributed by atoms with Gasteiger partial charge in [0.05, 0.1) is 22.0 Å². The first kappa shape index (κ1) is 20.6. The summed E-state index contributed by atoms with van der Waals surface area (Å²) in [4.78, 5) is 36.8. The molecule has 0 aliphatic rings. The number of nitrogens with one attached hydrogen (secondary N) is 1. The second kappa shape index (κ2) is 9.38. The van der Waals surface area contributed by atoms with E-state index in [-0.39, 0.29) is 31.0 Å². The molecule has 0 fully saturated rings. The largest absolute Gasteiger partial charge is 0.481 e. The molecule has 29 heavy (non-hydrogen) atoms. The zero-order valence-corrected chi connectivity index (χ0v) is 17.1. The van der Waals surface area contributed by atoms with Gasteiger partial charge in [0, 0.05) is 31.2 Å². The average Bonchev–Trinajstić information content (AvgIpc) is 3.17. The van der Waals surface area contributed by atoms with Crippen LogP contribution in [0.5, 0.6) is 0 Å². The Hall–Kier alpha value is -3.13. The lowest BCUT2D eigenvalue weighted by Gasteiger charge is -2.07. The number of thiazole rings is 1. The van der Waals surface area contributed by atoms with Gasteiger partial charge >= 0.3 is 5.97 Å². The van der Waals surface area contributed by atoms with E-state index in [1.165, 1.54) is 11.3 Å². The molecule has 0 aliphatic carbocycles. The summed E-state index contributed by atoms with van der Waals surface area (Å²) < 4.78 is 0. The summed E-state index contributed by atoms with van der Waals surface area (Å²) in [5, 5.41) is 12.7. The van der Waals surface area contributed by atoms with Gasteiger partial charge in [-0.1, -0.05) is 13.0 Å². The van der Waals surface area contributed by atoms with Crippen LogP contribution in [0.25, 0.3) is 10.6 Å². The Morgan fingerprint density at radius 2 is 2.00 bits per heavy atom. The molecular weight excluding hydrogens is 388 g/mol. The second-order valence-electron chi connectivity index (χ2n) is 6.85. The summed E-state index contributed by atoms with van der Waals surface area (Å²) in [5.41, 5.74) is 1.90. The van der Waals surface area contributed by atoms with Crippen LogP contribution >= 0.6 is 11.3 Å². The SMILES string of the molecule is Cc1ccnc(Nc2cccc(-c3cnc(C(C)CC(=O)CCC(=O)O)s3)n2)c1. The van der Waals surface area contributed by atoms with Gasteiger partial charge in [0.15, 0.2) is 0 Å². The molecule has 2 N–H and O–H groups in total. The van der Waals surface area contributed by atoms with Gasteiger partial charge < -0.3 is 10.4 Å². The van der Waals surface area contributed by atoms with Crippen LogP contribution in [0.15, 0.2) is 42.7 Å². The molecule has 3 rings (SSSR count). The zero-order valence-electron chi connectivity index (χ0n) is 16.3. The van der Waals surface area contributed by atoms with E-state index in [4.69, 9.17) is 5.11 Å². The molecule has 0 saturated heterocycles. The molecule has 3 aromatic rings. The molecule has 0 aromatic carbocycles. The highest BCUT2D eigenvalue weighted by Gasteiger charge is 2.17. The van der Waals surface area contributed by atoms with Crippen LogP contribution in [-0.2, 0) is 9.59 Å². The standard InChI is InChI=1S/C21H22N4O3S/c1-13-8-9-22-19(10-13)25-18-5-3-4-16(24-18)17-12-23-21(29-17)14(2)11-15(26)6-7-20(27)28/h3-5,8-10,12,14H,6-7,11H2,1-2H3,(H,27,28)(H,22,24,25). The molecule has 3 heterocycles. The highest BCUT2D eigenvalue weighted by molar-refractivity contribution is 7.15. The van der Waals surface area contributed by atoms with Gasteiger partial charge in [-0.2, -0.15) is 0 Å². The number of aryl methyl sites for hydroxylation is 1. The summed E-state index contributed by atoms with van der Waals surface area (Å²) in [7, 11) is 0. The van der Waals surface area contributed by atoms with Gasteiger partial charge in [-0.15, -0.1) is 11.3 Å². The smallest absolute Gasteiger partial charge is 0.303 e. The first-order valence-corrected chi connectivity index (χ1v) is 10.1. The third-order valence-corrected chi connectivity index (χ3v) is 5.52. The molecule has 150 valence electrons. The minimum atomic E-state index is -0.956. The summed E-state index contributed by atoms with van der Waals surface area (Å²) in [6.07, 6.45) is 3.72. The van der Waals surface area contributed by atoms with Crippen molar-refractivity contribution in [3.63, 3.8) is 0 Å². The molecule has 0 spiro atoms. The third-order valence-electron chi connectivity index (χ3n) is 4.27. The number of carboxylic acids is 1. The van der Waals surface area contributed by atoms with Gasteiger partial charge in [0.2, 0.25) is 0 Å². The monoisotopic (exact) mass is 410 g/mol. The number of carbonyl (C=O) groups is 2. The summed E-state index contributed by atoms with van der Waals surface area (Å²) in [6.45, 7) is 3.93. The molecule has 0 aliphatic heterocycles. The number of Topliss-reactive ketones (excluding diaryl/α,β-unsaturated/α-hetero) is 1. The molecule has 0 amide bonds. The van der Waals surface area contributed by atoms with E-state index in [9.17, 15) is 9.59 Å². The fourth-order valence-electron chi connectivity index (χ4n) is 2.79. The number of anilines is 2. The lowest BCUT2D eigenvalue weighted by atomic mass is 10.0. The Morgan fingerprint density at radius 3 is 2.76 bits per heavy atom.